The molecule has 0 fully saturated rings. The van der Waals surface area contributed by atoms with E-state index in [0.717, 1.165) is 43.5 Å². The topological polar surface area (TPSA) is 18.5 Å². The average molecular weight is 326 g/mol. The van der Waals surface area contributed by atoms with Crippen molar-refractivity contribution in [2.24, 2.45) is 5.92 Å². The number of unbranched alkanes of at least 4 members (excludes halogenated alkanes) is 1. The van der Waals surface area contributed by atoms with Crippen molar-refractivity contribution in [2.75, 3.05) is 13.2 Å². The van der Waals surface area contributed by atoms with Gasteiger partial charge in [-0.3, -0.25) is 0 Å². The molecule has 2 rings (SSSR count). The quantitative estimate of drug-likeness (QED) is 0.478. The summed E-state index contributed by atoms with van der Waals surface area (Å²) in [6.07, 6.45) is 5.67. The molecule has 2 nitrogen and oxygen atoms in total. The third kappa shape index (κ3) is 6.66. The normalized spacial score (nSPS) is 10.8. The van der Waals surface area contributed by atoms with Gasteiger partial charge in [0.2, 0.25) is 0 Å². The second-order valence-corrected chi connectivity index (χ2v) is 6.25. The van der Waals surface area contributed by atoms with Crippen molar-refractivity contribution in [1.82, 2.24) is 0 Å². The van der Waals surface area contributed by atoms with Crippen LogP contribution in [-0.4, -0.2) is 13.2 Å². The first-order valence-corrected chi connectivity index (χ1v) is 9.21. The Hall–Kier alpha value is -1.96. The summed E-state index contributed by atoms with van der Waals surface area (Å²) in [6.45, 7) is 6.02. The molecule has 0 saturated carbocycles. The zero-order valence-corrected chi connectivity index (χ0v) is 15.0. The van der Waals surface area contributed by atoms with Crippen LogP contribution in [0.1, 0.15) is 45.1 Å². The van der Waals surface area contributed by atoms with Gasteiger partial charge in [-0.05, 0) is 55.0 Å². The summed E-state index contributed by atoms with van der Waals surface area (Å²) in [5.41, 5.74) is 1.41. The Balaban J connectivity index is 1.60. The number of ether oxygens (including phenoxy) is 2. The average Bonchev–Trinajstić information content (AvgIpc) is 2.64. The minimum absolute atomic E-state index is 0.738. The fourth-order valence-corrected chi connectivity index (χ4v) is 2.73. The predicted octanol–water partition coefficient (Wildman–Crippen LogP) is 5.90. The highest BCUT2D eigenvalue weighted by molar-refractivity contribution is 5.27. The maximum absolute atomic E-state index is 5.82. The standard InChI is InChI=1S/C22H30O2/c1-3-19(4-2)18-20-12-14-22(15-13-20)24-17-9-8-16-23-21-10-6-5-7-11-21/h5-7,10-15,19H,3-4,8-9,16-18H2,1-2H3. The Morgan fingerprint density at radius 1 is 0.708 bits per heavy atom. The van der Waals surface area contributed by atoms with Crippen LogP contribution in [0.5, 0.6) is 11.5 Å². The van der Waals surface area contributed by atoms with Crippen LogP contribution in [0.25, 0.3) is 0 Å². The number of rotatable bonds is 11. The van der Waals surface area contributed by atoms with Gasteiger partial charge in [0.05, 0.1) is 13.2 Å². The summed E-state index contributed by atoms with van der Waals surface area (Å²) in [5, 5.41) is 0. The molecule has 0 atom stereocenters. The van der Waals surface area contributed by atoms with Crippen LogP contribution in [0.2, 0.25) is 0 Å². The monoisotopic (exact) mass is 326 g/mol. The van der Waals surface area contributed by atoms with Crippen LogP contribution in [0.4, 0.5) is 0 Å². The van der Waals surface area contributed by atoms with Gasteiger partial charge in [-0.2, -0.15) is 0 Å². The molecule has 0 aromatic heterocycles. The van der Waals surface area contributed by atoms with Crippen molar-refractivity contribution < 1.29 is 9.47 Å². The molecule has 0 heterocycles. The highest BCUT2D eigenvalue weighted by atomic mass is 16.5. The third-order valence-electron chi connectivity index (χ3n) is 4.42. The highest BCUT2D eigenvalue weighted by Crippen LogP contribution is 2.18. The molecule has 0 aliphatic heterocycles. The molecule has 0 aliphatic rings. The molecule has 0 aliphatic carbocycles. The van der Waals surface area contributed by atoms with Crippen LogP contribution >= 0.6 is 0 Å². The number of para-hydroxylation sites is 1. The van der Waals surface area contributed by atoms with E-state index in [1.807, 2.05) is 30.3 Å². The first-order valence-electron chi connectivity index (χ1n) is 9.21. The molecule has 0 N–H and O–H groups in total. The molecule has 0 radical (unpaired) electrons. The first kappa shape index (κ1) is 18.4. The Bertz CT molecular complexity index is 544. The summed E-state index contributed by atoms with van der Waals surface area (Å²) in [6, 6.07) is 18.5. The van der Waals surface area contributed by atoms with Crippen LogP contribution in [0, 0.1) is 5.92 Å². The molecular weight excluding hydrogens is 296 g/mol. The highest BCUT2D eigenvalue weighted by Gasteiger charge is 2.05. The van der Waals surface area contributed by atoms with E-state index in [9.17, 15) is 0 Å². The maximum atomic E-state index is 5.82. The fraction of sp³-hybridized carbons (Fsp3) is 0.455. The molecule has 2 aromatic rings. The largest absolute Gasteiger partial charge is 0.494 e. The van der Waals surface area contributed by atoms with Crippen LogP contribution in [-0.2, 0) is 6.42 Å². The molecule has 0 unspecified atom stereocenters. The van der Waals surface area contributed by atoms with E-state index >= 15 is 0 Å². The van der Waals surface area contributed by atoms with Gasteiger partial charge in [0.25, 0.3) is 0 Å². The van der Waals surface area contributed by atoms with E-state index in [0.29, 0.717) is 0 Å². The second-order valence-electron chi connectivity index (χ2n) is 6.25. The van der Waals surface area contributed by atoms with E-state index in [-0.39, 0.29) is 0 Å². The van der Waals surface area contributed by atoms with Crippen LogP contribution in [0.15, 0.2) is 54.6 Å². The SMILES string of the molecule is CCC(CC)Cc1ccc(OCCCCOc2ccccc2)cc1. The van der Waals surface area contributed by atoms with Crippen molar-refractivity contribution in [2.45, 2.75) is 46.0 Å². The summed E-state index contributed by atoms with van der Waals surface area (Å²) in [4.78, 5) is 0. The van der Waals surface area contributed by atoms with Gasteiger partial charge in [0.15, 0.2) is 0 Å². The maximum Gasteiger partial charge on any atom is 0.119 e. The molecule has 0 saturated heterocycles. The molecule has 0 spiro atoms. The molecule has 2 heteroatoms. The van der Waals surface area contributed by atoms with Gasteiger partial charge in [-0.25, -0.2) is 0 Å². The molecule has 24 heavy (non-hydrogen) atoms. The van der Waals surface area contributed by atoms with Crippen LogP contribution in [0.3, 0.4) is 0 Å². The summed E-state index contributed by atoms with van der Waals surface area (Å²) < 4.78 is 11.5. The Labute approximate surface area is 146 Å². The smallest absolute Gasteiger partial charge is 0.119 e. The summed E-state index contributed by atoms with van der Waals surface area (Å²) in [5.74, 6) is 2.69. The fourth-order valence-electron chi connectivity index (χ4n) is 2.73. The molecular formula is C22H30O2. The van der Waals surface area contributed by atoms with Crippen molar-refractivity contribution in [3.05, 3.63) is 60.2 Å². The Morgan fingerprint density at radius 3 is 1.79 bits per heavy atom. The lowest BCUT2D eigenvalue weighted by atomic mass is 9.95. The lowest BCUT2D eigenvalue weighted by Crippen LogP contribution is -2.03. The minimum Gasteiger partial charge on any atom is -0.494 e. The molecule has 130 valence electrons. The molecule has 2 aromatic carbocycles. The van der Waals surface area contributed by atoms with E-state index in [1.165, 1.54) is 24.8 Å². The molecule has 0 bridgehead atoms. The number of hydrogen-bond donors (Lipinski definition) is 0. The Morgan fingerprint density at radius 2 is 1.25 bits per heavy atom. The number of benzene rings is 2. The lowest BCUT2D eigenvalue weighted by molar-refractivity contribution is 0.266. The van der Waals surface area contributed by atoms with Gasteiger partial charge in [-0.1, -0.05) is 57.0 Å². The van der Waals surface area contributed by atoms with E-state index in [4.69, 9.17) is 9.47 Å². The Kier molecular flexibility index (Phi) is 8.23. The van der Waals surface area contributed by atoms with Gasteiger partial charge >= 0.3 is 0 Å². The zero-order valence-electron chi connectivity index (χ0n) is 15.0. The predicted molar refractivity (Wildman–Crippen MR) is 101 cm³/mol. The van der Waals surface area contributed by atoms with Crippen molar-refractivity contribution in [1.29, 1.82) is 0 Å². The molecule has 0 amide bonds. The van der Waals surface area contributed by atoms with Crippen molar-refractivity contribution in [3.63, 3.8) is 0 Å². The first-order chi connectivity index (χ1) is 11.8. The van der Waals surface area contributed by atoms with E-state index < -0.39 is 0 Å². The third-order valence-corrected chi connectivity index (χ3v) is 4.42. The second kappa shape index (κ2) is 10.7. The minimum atomic E-state index is 0.738. The lowest BCUT2D eigenvalue weighted by Gasteiger charge is -2.12. The van der Waals surface area contributed by atoms with Gasteiger partial charge in [0, 0.05) is 0 Å². The zero-order chi connectivity index (χ0) is 17.0. The summed E-state index contributed by atoms with van der Waals surface area (Å²) >= 11 is 0. The van der Waals surface area contributed by atoms with Gasteiger partial charge in [0.1, 0.15) is 11.5 Å². The van der Waals surface area contributed by atoms with Gasteiger partial charge < -0.3 is 9.47 Å². The van der Waals surface area contributed by atoms with Crippen molar-refractivity contribution in [3.8, 4) is 11.5 Å². The number of hydrogen-bond acceptors (Lipinski definition) is 2. The van der Waals surface area contributed by atoms with E-state index in [1.54, 1.807) is 0 Å². The van der Waals surface area contributed by atoms with E-state index in [2.05, 4.69) is 38.1 Å². The summed E-state index contributed by atoms with van der Waals surface area (Å²) in [7, 11) is 0. The van der Waals surface area contributed by atoms with Crippen molar-refractivity contribution >= 4 is 0 Å². The van der Waals surface area contributed by atoms with Gasteiger partial charge in [-0.15, -0.1) is 0 Å². The van der Waals surface area contributed by atoms with Crippen LogP contribution < -0.4 is 9.47 Å².